The van der Waals surface area contributed by atoms with Crippen LogP contribution in [0.15, 0.2) is 41.7 Å². The highest BCUT2D eigenvalue weighted by atomic mass is 19.1. The summed E-state index contributed by atoms with van der Waals surface area (Å²) in [6.45, 7) is 14.9. The van der Waals surface area contributed by atoms with E-state index in [9.17, 15) is 18.4 Å². The van der Waals surface area contributed by atoms with Gasteiger partial charge in [0.05, 0.1) is 5.76 Å². The molecule has 1 aromatic carbocycles. The lowest BCUT2D eigenvalue weighted by Gasteiger charge is -1.95. The predicted molar refractivity (Wildman–Crippen MR) is 117 cm³/mol. The van der Waals surface area contributed by atoms with Gasteiger partial charge in [-0.2, -0.15) is 0 Å². The minimum atomic E-state index is -0.607. The summed E-state index contributed by atoms with van der Waals surface area (Å²) in [5.74, 6) is -1.94. The van der Waals surface area contributed by atoms with E-state index in [1.807, 2.05) is 47.6 Å². The summed E-state index contributed by atoms with van der Waals surface area (Å²) >= 11 is 0. The zero-order valence-electron chi connectivity index (χ0n) is 19.0. The van der Waals surface area contributed by atoms with Crippen LogP contribution in [-0.2, 0) is 9.59 Å². The van der Waals surface area contributed by atoms with E-state index in [4.69, 9.17) is 10.8 Å². The second-order valence-corrected chi connectivity index (χ2v) is 5.42. The van der Waals surface area contributed by atoms with Crippen LogP contribution in [0.2, 0.25) is 0 Å². The maximum absolute atomic E-state index is 12.2. The number of hydrogen-bond acceptors (Lipinski definition) is 3. The van der Waals surface area contributed by atoms with Gasteiger partial charge < -0.3 is 16.6 Å². The standard InChI is InChI=1S/C9H15NO2.C7H6F2.C2H5NO.2C2H6/c1-7(2)4-3-5-8(11)6-9(10)12;1-5-2-6(8)4-7(9)3-5;1-2(3)4;2*1-2/h4,6,11H,3,5H2,1-2H3,(H2,10,12);2-4H,1H3;1H3,(H2,3,4);2*1-2H3/b8-6-;;;;. The van der Waals surface area contributed by atoms with E-state index in [2.05, 4.69) is 5.73 Å². The number of amides is 2. The number of benzene rings is 1. The number of carbonyl (C=O) groups is 2. The van der Waals surface area contributed by atoms with Crippen molar-refractivity contribution >= 4 is 11.8 Å². The molecule has 2 amide bonds. The van der Waals surface area contributed by atoms with Crippen molar-refractivity contribution in [3.05, 3.63) is 58.9 Å². The fourth-order valence-corrected chi connectivity index (χ4v) is 1.44. The van der Waals surface area contributed by atoms with Crippen molar-refractivity contribution in [1.82, 2.24) is 0 Å². The summed E-state index contributed by atoms with van der Waals surface area (Å²) in [6, 6.07) is 3.42. The summed E-state index contributed by atoms with van der Waals surface area (Å²) < 4.78 is 24.4. The molecule has 0 atom stereocenters. The average Bonchev–Trinajstić information content (AvgIpc) is 2.56. The van der Waals surface area contributed by atoms with Gasteiger partial charge in [-0.05, 0) is 44.9 Å². The van der Waals surface area contributed by atoms with Crippen LogP contribution in [0, 0.1) is 18.6 Å². The smallest absolute Gasteiger partial charge is 0.244 e. The molecule has 29 heavy (non-hydrogen) atoms. The Morgan fingerprint density at radius 1 is 0.966 bits per heavy atom. The molecule has 5 nitrogen and oxygen atoms in total. The summed E-state index contributed by atoms with van der Waals surface area (Å²) in [5.41, 5.74) is 11.1. The van der Waals surface area contributed by atoms with E-state index in [-0.39, 0.29) is 11.7 Å². The molecule has 0 aliphatic rings. The predicted octanol–water partition coefficient (Wildman–Crippen LogP) is 5.48. The number of halogens is 2. The van der Waals surface area contributed by atoms with Gasteiger partial charge in [0, 0.05) is 25.5 Å². The normalized spacial score (nSPS) is 8.83. The number of allylic oxidation sites excluding steroid dienone is 3. The van der Waals surface area contributed by atoms with Crippen LogP contribution in [-0.4, -0.2) is 16.9 Å². The van der Waals surface area contributed by atoms with Crippen LogP contribution in [0.4, 0.5) is 8.78 Å². The van der Waals surface area contributed by atoms with Gasteiger partial charge in [-0.25, -0.2) is 8.78 Å². The second kappa shape index (κ2) is 23.3. The Labute approximate surface area is 174 Å². The van der Waals surface area contributed by atoms with Crippen molar-refractivity contribution in [3.63, 3.8) is 0 Å². The molecule has 168 valence electrons. The van der Waals surface area contributed by atoms with Gasteiger partial charge >= 0.3 is 0 Å². The molecule has 5 N–H and O–H groups in total. The van der Waals surface area contributed by atoms with Gasteiger partial charge in [0.2, 0.25) is 11.8 Å². The van der Waals surface area contributed by atoms with Crippen LogP contribution in [0.25, 0.3) is 0 Å². The first-order valence-corrected chi connectivity index (χ1v) is 9.45. The van der Waals surface area contributed by atoms with Crippen molar-refractivity contribution in [2.45, 2.75) is 68.2 Å². The Morgan fingerprint density at radius 2 is 1.34 bits per heavy atom. The highest BCUT2D eigenvalue weighted by molar-refractivity contribution is 5.86. The van der Waals surface area contributed by atoms with Crippen molar-refractivity contribution < 1.29 is 23.5 Å². The number of aliphatic hydroxyl groups is 1. The summed E-state index contributed by atoms with van der Waals surface area (Å²) in [5, 5.41) is 9.06. The van der Waals surface area contributed by atoms with E-state index >= 15 is 0 Å². The Balaban J connectivity index is -0.000000161. The number of primary amides is 2. The largest absolute Gasteiger partial charge is 0.512 e. The zero-order valence-corrected chi connectivity index (χ0v) is 19.0. The third-order valence-electron chi connectivity index (χ3n) is 2.27. The average molecular weight is 417 g/mol. The molecule has 0 bridgehead atoms. The van der Waals surface area contributed by atoms with Crippen LogP contribution in [0.5, 0.6) is 0 Å². The van der Waals surface area contributed by atoms with Gasteiger partial charge in [-0.3, -0.25) is 9.59 Å². The van der Waals surface area contributed by atoms with E-state index in [0.717, 1.165) is 18.6 Å². The van der Waals surface area contributed by atoms with Gasteiger partial charge in [0.15, 0.2) is 0 Å². The van der Waals surface area contributed by atoms with Gasteiger partial charge in [-0.1, -0.05) is 39.3 Å². The Kier molecular flexibility index (Phi) is 27.2. The number of aliphatic hydroxyl groups excluding tert-OH is 1. The van der Waals surface area contributed by atoms with E-state index in [1.54, 1.807) is 6.92 Å². The molecular weight excluding hydrogens is 378 g/mol. The lowest BCUT2D eigenvalue weighted by molar-refractivity contribution is -0.116. The monoisotopic (exact) mass is 416 g/mol. The first-order valence-electron chi connectivity index (χ1n) is 9.45. The quantitative estimate of drug-likeness (QED) is 0.344. The minimum Gasteiger partial charge on any atom is -0.512 e. The number of nitrogens with two attached hydrogens (primary N) is 2. The zero-order chi connectivity index (χ0) is 24.0. The molecule has 0 radical (unpaired) electrons. The number of carbonyl (C=O) groups excluding carboxylic acids is 2. The topological polar surface area (TPSA) is 106 Å². The lowest BCUT2D eigenvalue weighted by Crippen LogP contribution is -2.07. The molecule has 0 spiro atoms. The van der Waals surface area contributed by atoms with E-state index in [1.165, 1.54) is 24.6 Å². The highest BCUT2D eigenvalue weighted by Gasteiger charge is 1.94. The van der Waals surface area contributed by atoms with Gasteiger partial charge in [0.25, 0.3) is 0 Å². The molecule has 0 aliphatic heterocycles. The Hall–Kier alpha value is -2.70. The molecule has 1 rings (SSSR count). The first-order chi connectivity index (χ1) is 13.4. The molecule has 0 aliphatic carbocycles. The number of hydrogen-bond donors (Lipinski definition) is 3. The Bertz CT molecular complexity index is 570. The fourth-order valence-electron chi connectivity index (χ4n) is 1.44. The second-order valence-electron chi connectivity index (χ2n) is 5.42. The molecule has 7 heteroatoms. The first kappa shape index (κ1) is 33.9. The lowest BCUT2D eigenvalue weighted by atomic mass is 10.2. The molecule has 0 saturated heterocycles. The SMILES string of the molecule is CC.CC.CC(C)=CCC/C(O)=C/C(N)=O.CC(N)=O.Cc1cc(F)cc(F)c1. The van der Waals surface area contributed by atoms with Gasteiger partial charge in [0.1, 0.15) is 11.6 Å². The molecular formula is C22H38F2N2O3. The third kappa shape index (κ3) is 36.9. The van der Waals surface area contributed by atoms with Crippen LogP contribution in [0.3, 0.4) is 0 Å². The van der Waals surface area contributed by atoms with E-state index in [0.29, 0.717) is 12.0 Å². The number of aryl methyl sites for hydroxylation is 1. The third-order valence-corrected chi connectivity index (χ3v) is 2.27. The molecule has 0 unspecified atom stereocenters. The van der Waals surface area contributed by atoms with Crippen molar-refractivity contribution in [2.24, 2.45) is 11.5 Å². The van der Waals surface area contributed by atoms with Crippen molar-refractivity contribution in [2.75, 3.05) is 0 Å². The maximum atomic E-state index is 12.2. The summed E-state index contributed by atoms with van der Waals surface area (Å²) in [6.07, 6.45) is 4.23. The fraction of sp³-hybridized carbons (Fsp3) is 0.455. The maximum Gasteiger partial charge on any atom is 0.244 e. The molecule has 1 aromatic rings. The summed E-state index contributed by atoms with van der Waals surface area (Å²) in [7, 11) is 0. The van der Waals surface area contributed by atoms with E-state index < -0.39 is 17.5 Å². The molecule has 0 saturated carbocycles. The molecule has 0 heterocycles. The Morgan fingerprint density at radius 3 is 1.62 bits per heavy atom. The van der Waals surface area contributed by atoms with Gasteiger partial charge in [-0.15, -0.1) is 0 Å². The van der Waals surface area contributed by atoms with Crippen LogP contribution in [0.1, 0.15) is 66.9 Å². The van der Waals surface area contributed by atoms with Crippen LogP contribution < -0.4 is 11.5 Å². The van der Waals surface area contributed by atoms with Crippen molar-refractivity contribution in [3.8, 4) is 0 Å². The number of rotatable bonds is 4. The summed E-state index contributed by atoms with van der Waals surface area (Å²) in [4.78, 5) is 19.5. The highest BCUT2D eigenvalue weighted by Crippen LogP contribution is 2.05. The minimum absolute atomic E-state index is 0.0417. The van der Waals surface area contributed by atoms with Crippen LogP contribution >= 0.6 is 0 Å². The molecule has 0 fully saturated rings. The van der Waals surface area contributed by atoms with Crippen molar-refractivity contribution in [1.29, 1.82) is 0 Å². The molecule has 0 aromatic heterocycles.